The number of hydrogen-bond acceptors (Lipinski definition) is 5. The average molecular weight is 422 g/mol. The van der Waals surface area contributed by atoms with Gasteiger partial charge in [-0.1, -0.05) is 30.4 Å². The van der Waals surface area contributed by atoms with Crippen LogP contribution in [-0.4, -0.2) is 40.7 Å². The Labute approximate surface area is 180 Å². The van der Waals surface area contributed by atoms with Crippen LogP contribution in [0.1, 0.15) is 60.0 Å². The van der Waals surface area contributed by atoms with Gasteiger partial charge >= 0.3 is 5.97 Å². The Morgan fingerprint density at radius 3 is 2.90 bits per heavy atom. The van der Waals surface area contributed by atoms with Crippen LogP contribution in [0.5, 0.6) is 0 Å². The van der Waals surface area contributed by atoms with Crippen molar-refractivity contribution in [2.24, 2.45) is 5.92 Å². The summed E-state index contributed by atoms with van der Waals surface area (Å²) < 4.78 is 12.0. The van der Waals surface area contributed by atoms with Gasteiger partial charge in [0.25, 0.3) is 5.91 Å². The first kappa shape index (κ1) is 20.0. The molecule has 7 heteroatoms. The number of para-hydroxylation sites is 1. The molecule has 0 saturated carbocycles. The third-order valence-corrected chi connectivity index (χ3v) is 6.68. The van der Waals surface area contributed by atoms with Gasteiger partial charge in [-0.15, -0.1) is 0 Å². The Hall–Kier alpha value is -2.93. The summed E-state index contributed by atoms with van der Waals surface area (Å²) in [5.41, 5.74) is 2.46. The third kappa shape index (κ3) is 3.78. The molecule has 0 spiro atoms. The molecule has 162 valence electrons. The molecule has 1 amide bonds. The number of carbonyl (C=O) groups is 2. The zero-order valence-corrected chi connectivity index (χ0v) is 17.3. The van der Waals surface area contributed by atoms with Crippen molar-refractivity contribution in [1.29, 1.82) is 0 Å². The second-order valence-electron chi connectivity index (χ2n) is 8.53. The first-order valence-electron chi connectivity index (χ1n) is 11.0. The maximum atomic E-state index is 13.1. The summed E-state index contributed by atoms with van der Waals surface area (Å²) in [4.78, 5) is 30.1. The predicted octanol–water partition coefficient (Wildman–Crippen LogP) is 3.95. The molecule has 0 aliphatic carbocycles. The number of oxazole rings is 1. The van der Waals surface area contributed by atoms with Crippen molar-refractivity contribution in [3.63, 3.8) is 0 Å². The highest BCUT2D eigenvalue weighted by Crippen LogP contribution is 2.50. The van der Waals surface area contributed by atoms with E-state index in [2.05, 4.69) is 11.1 Å². The highest BCUT2D eigenvalue weighted by atomic mass is 16.5. The average Bonchev–Trinajstić information content (AvgIpc) is 3.55. The molecule has 0 radical (unpaired) electrons. The number of amides is 1. The van der Waals surface area contributed by atoms with Crippen LogP contribution < -0.4 is 4.90 Å². The van der Waals surface area contributed by atoms with E-state index in [0.717, 1.165) is 31.4 Å². The molecule has 2 bridgehead atoms. The number of ether oxygens (including phenoxy) is 1. The van der Waals surface area contributed by atoms with Gasteiger partial charge in [-0.3, -0.25) is 9.59 Å². The number of nitrogens with zero attached hydrogens (tertiary/aromatic N) is 2. The normalized spacial score (nSPS) is 26.6. The SMILES string of the molecule is O=C(O)CCC=CC[C@@H]1[C@H](c2nc(C(=O)N3CCc4ccccc43)co2)[C@H]2CC[C@@H]1O2. The van der Waals surface area contributed by atoms with Crippen LogP contribution in [0.4, 0.5) is 5.69 Å². The van der Waals surface area contributed by atoms with E-state index >= 15 is 0 Å². The minimum Gasteiger partial charge on any atom is -0.481 e. The van der Waals surface area contributed by atoms with E-state index in [1.807, 2.05) is 30.4 Å². The summed E-state index contributed by atoms with van der Waals surface area (Å²) in [5, 5.41) is 8.78. The summed E-state index contributed by atoms with van der Waals surface area (Å²) in [5.74, 6) is -0.0891. The smallest absolute Gasteiger partial charge is 0.303 e. The molecule has 31 heavy (non-hydrogen) atoms. The van der Waals surface area contributed by atoms with Crippen LogP contribution in [0.3, 0.4) is 0 Å². The summed E-state index contributed by atoms with van der Waals surface area (Å²) in [6.45, 7) is 0.654. The predicted molar refractivity (Wildman–Crippen MR) is 113 cm³/mol. The quantitative estimate of drug-likeness (QED) is 0.679. The molecule has 4 atom stereocenters. The summed E-state index contributed by atoms with van der Waals surface area (Å²) in [6.07, 6.45) is 9.96. The molecule has 2 saturated heterocycles. The molecule has 1 aromatic heterocycles. The first-order valence-corrected chi connectivity index (χ1v) is 11.0. The number of benzene rings is 1. The lowest BCUT2D eigenvalue weighted by Crippen LogP contribution is -2.29. The van der Waals surface area contributed by atoms with E-state index in [0.29, 0.717) is 24.6 Å². The number of carbonyl (C=O) groups excluding carboxylic acids is 1. The minimum atomic E-state index is -0.789. The second kappa shape index (κ2) is 8.30. The molecule has 1 N–H and O–H groups in total. The van der Waals surface area contributed by atoms with Crippen LogP contribution in [0.2, 0.25) is 0 Å². The standard InChI is InChI=1S/C24H26N2O5/c27-21(28)9-3-1-2-7-16-19-10-11-20(31-19)22(16)23-25-17(14-30-23)24(29)26-13-12-15-6-4-5-8-18(15)26/h1-2,4-6,8,14,16,19-20,22H,3,7,9-13H2,(H,27,28)/t16-,19-,20+,22-/m0/s1. The lowest BCUT2D eigenvalue weighted by Gasteiger charge is -2.24. The first-order chi connectivity index (χ1) is 15.1. The zero-order chi connectivity index (χ0) is 21.4. The molecule has 2 fully saturated rings. The molecular formula is C24H26N2O5. The molecule has 2 aromatic rings. The van der Waals surface area contributed by atoms with Gasteiger partial charge in [0.2, 0.25) is 5.89 Å². The van der Waals surface area contributed by atoms with Crippen molar-refractivity contribution in [3.05, 3.63) is 59.8 Å². The van der Waals surface area contributed by atoms with Gasteiger partial charge < -0.3 is 19.2 Å². The number of aliphatic carboxylic acids is 1. The van der Waals surface area contributed by atoms with Crippen LogP contribution in [0.15, 0.2) is 47.1 Å². The van der Waals surface area contributed by atoms with Crippen LogP contribution >= 0.6 is 0 Å². The van der Waals surface area contributed by atoms with E-state index in [4.69, 9.17) is 14.3 Å². The summed E-state index contributed by atoms with van der Waals surface area (Å²) in [6, 6.07) is 7.96. The Morgan fingerprint density at radius 1 is 1.19 bits per heavy atom. The Morgan fingerprint density at radius 2 is 2.03 bits per heavy atom. The molecule has 0 unspecified atom stereocenters. The van der Waals surface area contributed by atoms with Crippen molar-refractivity contribution >= 4 is 17.6 Å². The van der Waals surface area contributed by atoms with Crippen molar-refractivity contribution in [2.45, 2.75) is 56.7 Å². The molecule has 4 heterocycles. The van der Waals surface area contributed by atoms with Crippen molar-refractivity contribution < 1.29 is 23.8 Å². The fourth-order valence-electron chi connectivity index (χ4n) is 5.22. The monoisotopic (exact) mass is 422 g/mol. The fraction of sp³-hybridized carbons (Fsp3) is 0.458. The number of carboxylic acids is 1. The van der Waals surface area contributed by atoms with Gasteiger partial charge in [0.1, 0.15) is 6.26 Å². The Balaban J connectivity index is 1.30. The van der Waals surface area contributed by atoms with Crippen LogP contribution in [0.25, 0.3) is 0 Å². The summed E-state index contributed by atoms with van der Waals surface area (Å²) >= 11 is 0. The van der Waals surface area contributed by atoms with Gasteiger partial charge in [-0.2, -0.15) is 0 Å². The molecule has 5 rings (SSSR count). The lowest BCUT2D eigenvalue weighted by molar-refractivity contribution is -0.136. The van der Waals surface area contributed by atoms with E-state index in [1.54, 1.807) is 4.90 Å². The molecular weight excluding hydrogens is 396 g/mol. The van der Waals surface area contributed by atoms with Gasteiger partial charge in [0.05, 0.1) is 18.1 Å². The number of anilines is 1. The number of carboxylic acid groups (broad SMARTS) is 1. The van der Waals surface area contributed by atoms with Gasteiger partial charge in [0, 0.05) is 24.6 Å². The van der Waals surface area contributed by atoms with Gasteiger partial charge in [0.15, 0.2) is 5.69 Å². The van der Waals surface area contributed by atoms with Crippen LogP contribution in [-0.2, 0) is 16.0 Å². The zero-order valence-electron chi connectivity index (χ0n) is 17.3. The van der Waals surface area contributed by atoms with Crippen molar-refractivity contribution in [1.82, 2.24) is 4.98 Å². The van der Waals surface area contributed by atoms with Crippen molar-refractivity contribution in [2.75, 3.05) is 11.4 Å². The topological polar surface area (TPSA) is 92.9 Å². The Bertz CT molecular complexity index is 1010. The maximum Gasteiger partial charge on any atom is 0.303 e. The number of rotatable bonds is 7. The lowest BCUT2D eigenvalue weighted by atomic mass is 9.77. The van der Waals surface area contributed by atoms with Gasteiger partial charge in [-0.05, 0) is 43.7 Å². The largest absolute Gasteiger partial charge is 0.481 e. The van der Waals surface area contributed by atoms with E-state index < -0.39 is 5.97 Å². The van der Waals surface area contributed by atoms with Crippen molar-refractivity contribution in [3.8, 4) is 0 Å². The summed E-state index contributed by atoms with van der Waals surface area (Å²) in [7, 11) is 0. The highest BCUT2D eigenvalue weighted by molar-refractivity contribution is 6.05. The van der Waals surface area contributed by atoms with E-state index in [1.165, 1.54) is 11.8 Å². The number of allylic oxidation sites excluding steroid dienone is 2. The number of fused-ring (bicyclic) bond motifs is 3. The Kier molecular flexibility index (Phi) is 5.36. The molecule has 3 aliphatic rings. The molecule has 7 nitrogen and oxygen atoms in total. The maximum absolute atomic E-state index is 13.1. The second-order valence-corrected chi connectivity index (χ2v) is 8.53. The number of hydrogen-bond donors (Lipinski definition) is 1. The van der Waals surface area contributed by atoms with Gasteiger partial charge in [-0.25, -0.2) is 4.98 Å². The third-order valence-electron chi connectivity index (χ3n) is 6.68. The molecule has 1 aromatic carbocycles. The van der Waals surface area contributed by atoms with E-state index in [-0.39, 0.29) is 36.4 Å². The van der Waals surface area contributed by atoms with E-state index in [9.17, 15) is 9.59 Å². The minimum absolute atomic E-state index is 0.0234. The highest BCUT2D eigenvalue weighted by Gasteiger charge is 2.51. The molecule has 3 aliphatic heterocycles. The number of aromatic nitrogens is 1. The fourth-order valence-corrected chi connectivity index (χ4v) is 5.22. The van der Waals surface area contributed by atoms with Crippen LogP contribution in [0, 0.1) is 5.92 Å².